The third-order valence-corrected chi connectivity index (χ3v) is 5.61. The van der Waals surface area contributed by atoms with Crippen LogP contribution < -0.4 is 10.1 Å². The fourth-order valence-corrected chi connectivity index (χ4v) is 4.21. The van der Waals surface area contributed by atoms with Crippen molar-refractivity contribution in [1.29, 1.82) is 0 Å². The number of likely N-dealkylation sites (tertiary alicyclic amines) is 1. The van der Waals surface area contributed by atoms with Crippen LogP contribution in [0.15, 0.2) is 24.3 Å². The van der Waals surface area contributed by atoms with E-state index >= 15 is 0 Å². The molecule has 5 nitrogen and oxygen atoms in total. The molecular weight excluding hydrogens is 316 g/mol. The Morgan fingerprint density at radius 3 is 2.52 bits per heavy atom. The van der Waals surface area contributed by atoms with Crippen LogP contribution in [0.2, 0.25) is 0 Å². The Morgan fingerprint density at radius 2 is 1.88 bits per heavy atom. The van der Waals surface area contributed by atoms with Crippen LogP contribution in [0, 0.1) is 0 Å². The van der Waals surface area contributed by atoms with Crippen molar-refractivity contribution in [3.63, 3.8) is 0 Å². The average Bonchev–Trinajstić information content (AvgIpc) is 3.30. The maximum Gasteiger partial charge on any atom is 0.222 e. The van der Waals surface area contributed by atoms with E-state index in [-0.39, 0.29) is 11.9 Å². The zero-order chi connectivity index (χ0) is 17.6. The Kier molecular flexibility index (Phi) is 6.32. The first-order chi connectivity index (χ1) is 12.2. The van der Waals surface area contributed by atoms with Crippen LogP contribution in [-0.2, 0) is 9.53 Å². The zero-order valence-electron chi connectivity index (χ0n) is 15.4. The molecule has 1 aromatic carbocycles. The van der Waals surface area contributed by atoms with Gasteiger partial charge in [-0.05, 0) is 30.5 Å². The zero-order valence-corrected chi connectivity index (χ0v) is 15.4. The lowest BCUT2D eigenvalue weighted by Crippen LogP contribution is -2.41. The number of nitrogens with zero attached hydrogens (tertiary/aromatic N) is 1. The van der Waals surface area contributed by atoms with Gasteiger partial charge in [0.1, 0.15) is 5.75 Å². The first-order valence-corrected chi connectivity index (χ1v) is 9.37. The summed E-state index contributed by atoms with van der Waals surface area (Å²) in [5, 5.41) is 3.25. The highest BCUT2D eigenvalue weighted by atomic mass is 16.5. The first-order valence-electron chi connectivity index (χ1n) is 9.37. The number of carbonyl (C=O) groups is 1. The molecule has 0 spiro atoms. The topological polar surface area (TPSA) is 50.8 Å². The van der Waals surface area contributed by atoms with Crippen molar-refractivity contribution in [1.82, 2.24) is 10.2 Å². The molecule has 2 atom stereocenters. The lowest BCUT2D eigenvalue weighted by atomic mass is 9.94. The lowest BCUT2D eigenvalue weighted by Gasteiger charge is -2.23. The minimum absolute atomic E-state index is 0.0821. The number of benzene rings is 1. The van der Waals surface area contributed by atoms with Gasteiger partial charge in [0, 0.05) is 44.6 Å². The Morgan fingerprint density at radius 1 is 1.16 bits per heavy atom. The number of amides is 1. The van der Waals surface area contributed by atoms with Gasteiger partial charge in [-0.3, -0.25) is 9.69 Å². The predicted molar refractivity (Wildman–Crippen MR) is 98.0 cm³/mol. The maximum atomic E-state index is 12.2. The molecule has 0 bridgehead atoms. The molecule has 0 radical (unpaired) electrons. The van der Waals surface area contributed by atoms with E-state index in [4.69, 9.17) is 9.47 Å². The van der Waals surface area contributed by atoms with Gasteiger partial charge in [-0.2, -0.15) is 0 Å². The molecule has 1 aromatic rings. The van der Waals surface area contributed by atoms with Gasteiger partial charge in [-0.25, -0.2) is 0 Å². The van der Waals surface area contributed by atoms with Crippen molar-refractivity contribution in [3.05, 3.63) is 29.8 Å². The minimum Gasteiger partial charge on any atom is -0.497 e. The molecule has 5 heteroatoms. The summed E-state index contributed by atoms with van der Waals surface area (Å²) in [7, 11) is 3.32. The summed E-state index contributed by atoms with van der Waals surface area (Å²) in [6.45, 7) is 2.43. The van der Waals surface area contributed by atoms with E-state index in [9.17, 15) is 4.79 Å². The maximum absolute atomic E-state index is 12.2. The van der Waals surface area contributed by atoms with Crippen LogP contribution in [0.25, 0.3) is 0 Å². The van der Waals surface area contributed by atoms with E-state index in [1.807, 2.05) is 12.1 Å². The number of hydrogen-bond donors (Lipinski definition) is 1. The SMILES string of the molecule is COCCC(=O)N[C@@H]1CN(C2CCCC2)C[C@H]1c1ccc(OC)cc1. The van der Waals surface area contributed by atoms with Crippen LogP contribution in [0.3, 0.4) is 0 Å². The summed E-state index contributed by atoms with van der Waals surface area (Å²) in [4.78, 5) is 14.8. The molecule has 1 heterocycles. The molecule has 1 aliphatic heterocycles. The number of hydrogen-bond acceptors (Lipinski definition) is 4. The van der Waals surface area contributed by atoms with Gasteiger partial charge in [-0.15, -0.1) is 0 Å². The van der Waals surface area contributed by atoms with Crippen molar-refractivity contribution >= 4 is 5.91 Å². The van der Waals surface area contributed by atoms with Crippen LogP contribution in [0.4, 0.5) is 0 Å². The number of nitrogens with one attached hydrogen (secondary N) is 1. The van der Waals surface area contributed by atoms with E-state index in [0.717, 1.165) is 18.8 Å². The summed E-state index contributed by atoms with van der Waals surface area (Å²) in [5.74, 6) is 1.28. The van der Waals surface area contributed by atoms with Crippen molar-refractivity contribution in [2.75, 3.05) is 33.9 Å². The van der Waals surface area contributed by atoms with Crippen LogP contribution in [-0.4, -0.2) is 56.8 Å². The van der Waals surface area contributed by atoms with E-state index in [1.54, 1.807) is 14.2 Å². The summed E-state index contributed by atoms with van der Waals surface area (Å²) in [6, 6.07) is 9.14. The molecule has 1 aliphatic carbocycles. The van der Waals surface area contributed by atoms with Crippen molar-refractivity contribution < 1.29 is 14.3 Å². The second kappa shape index (κ2) is 8.68. The van der Waals surface area contributed by atoms with Gasteiger partial charge in [0.15, 0.2) is 0 Å². The normalized spacial score (nSPS) is 24.6. The molecule has 2 aliphatic rings. The molecule has 2 fully saturated rings. The van der Waals surface area contributed by atoms with Crippen LogP contribution >= 0.6 is 0 Å². The van der Waals surface area contributed by atoms with Crippen LogP contribution in [0.1, 0.15) is 43.6 Å². The lowest BCUT2D eigenvalue weighted by molar-refractivity contribution is -0.122. The molecular formula is C20H30N2O3. The molecule has 3 rings (SSSR count). The summed E-state index contributed by atoms with van der Waals surface area (Å²) in [6.07, 6.45) is 5.67. The number of carbonyl (C=O) groups excluding carboxylic acids is 1. The largest absolute Gasteiger partial charge is 0.497 e. The third kappa shape index (κ3) is 4.53. The smallest absolute Gasteiger partial charge is 0.222 e. The number of ether oxygens (including phenoxy) is 2. The van der Waals surface area contributed by atoms with Gasteiger partial charge >= 0.3 is 0 Å². The van der Waals surface area contributed by atoms with Crippen molar-refractivity contribution in [3.8, 4) is 5.75 Å². The second-order valence-electron chi connectivity index (χ2n) is 7.19. The molecule has 25 heavy (non-hydrogen) atoms. The predicted octanol–water partition coefficient (Wildman–Crippen LogP) is 2.56. The molecule has 138 valence electrons. The van der Waals surface area contributed by atoms with Crippen molar-refractivity contribution in [2.45, 2.75) is 50.1 Å². The van der Waals surface area contributed by atoms with E-state index in [1.165, 1.54) is 31.2 Å². The Bertz CT molecular complexity index is 555. The van der Waals surface area contributed by atoms with Gasteiger partial charge in [0.25, 0.3) is 0 Å². The third-order valence-electron chi connectivity index (χ3n) is 5.61. The minimum atomic E-state index is 0.0821. The summed E-state index contributed by atoms with van der Waals surface area (Å²) in [5.41, 5.74) is 1.28. The molecule has 1 N–H and O–H groups in total. The van der Waals surface area contributed by atoms with Gasteiger partial charge in [-0.1, -0.05) is 25.0 Å². The average molecular weight is 346 g/mol. The fourth-order valence-electron chi connectivity index (χ4n) is 4.21. The highest BCUT2D eigenvalue weighted by Gasteiger charge is 2.38. The summed E-state index contributed by atoms with van der Waals surface area (Å²) >= 11 is 0. The second-order valence-corrected chi connectivity index (χ2v) is 7.19. The monoisotopic (exact) mass is 346 g/mol. The van der Waals surface area contributed by atoms with Crippen molar-refractivity contribution in [2.24, 2.45) is 0 Å². The Labute approximate surface area is 150 Å². The molecule has 1 saturated heterocycles. The van der Waals surface area contributed by atoms with Gasteiger partial charge in [0.05, 0.1) is 13.7 Å². The molecule has 0 unspecified atom stereocenters. The Balaban J connectivity index is 1.71. The van der Waals surface area contributed by atoms with Gasteiger partial charge < -0.3 is 14.8 Å². The molecule has 1 amide bonds. The molecule has 0 aromatic heterocycles. The van der Waals surface area contributed by atoms with E-state index in [0.29, 0.717) is 25.0 Å². The quantitative estimate of drug-likeness (QED) is 0.824. The first kappa shape index (κ1) is 18.2. The number of methoxy groups -OCH3 is 2. The van der Waals surface area contributed by atoms with Gasteiger partial charge in [0.2, 0.25) is 5.91 Å². The standard InChI is InChI=1S/C20H30N2O3/c1-24-12-11-20(23)21-19-14-22(16-5-3-4-6-16)13-18(19)15-7-9-17(25-2)10-8-15/h7-10,16,18-19H,3-6,11-14H2,1-2H3,(H,21,23)/t18-,19+/m0/s1. The van der Waals surface area contributed by atoms with E-state index in [2.05, 4.69) is 22.3 Å². The van der Waals surface area contributed by atoms with E-state index < -0.39 is 0 Å². The van der Waals surface area contributed by atoms with Crippen LogP contribution in [0.5, 0.6) is 5.75 Å². The highest BCUT2D eigenvalue weighted by molar-refractivity contribution is 5.76. The fraction of sp³-hybridized carbons (Fsp3) is 0.650. The summed E-state index contributed by atoms with van der Waals surface area (Å²) < 4.78 is 10.3. The molecule has 1 saturated carbocycles. The number of rotatable bonds is 7. The Hall–Kier alpha value is -1.59. The highest BCUT2D eigenvalue weighted by Crippen LogP contribution is 2.34.